The molecule has 160 valence electrons. The molecule has 0 aromatic heterocycles. The van der Waals surface area contributed by atoms with Crippen LogP contribution >= 0.6 is 0 Å². The molecular weight excluding hydrogens is 390 g/mol. The molecule has 3 aliphatic heterocycles. The number of benzene rings is 1. The van der Waals surface area contributed by atoms with Gasteiger partial charge in [-0.2, -0.15) is 4.31 Å². The number of sulfonamides is 1. The molecule has 3 fully saturated rings. The van der Waals surface area contributed by atoms with E-state index >= 15 is 0 Å². The Kier molecular flexibility index (Phi) is 6.13. The van der Waals surface area contributed by atoms with Gasteiger partial charge in [-0.1, -0.05) is 30.3 Å². The maximum Gasteiger partial charge on any atom is 0.410 e. The molecule has 2 N–H and O–H groups in total. The van der Waals surface area contributed by atoms with E-state index in [4.69, 9.17) is 10.5 Å². The zero-order chi connectivity index (χ0) is 20.4. The van der Waals surface area contributed by atoms with E-state index < -0.39 is 10.0 Å². The molecule has 4 rings (SSSR count). The molecule has 1 aromatic rings. The highest BCUT2D eigenvalue weighted by Gasteiger charge is 2.46. The SMILES string of the molecule is NC1C[C@H]2CC[C@@H](C1)N2S(=O)(=O)CC1CCN(C(=O)OCc2ccccc2)CC1. The van der Waals surface area contributed by atoms with Crippen LogP contribution in [0, 0.1) is 5.92 Å². The van der Waals surface area contributed by atoms with Gasteiger partial charge in [0.25, 0.3) is 0 Å². The number of hydrogen-bond acceptors (Lipinski definition) is 5. The molecule has 3 saturated heterocycles. The predicted octanol–water partition coefficient (Wildman–Crippen LogP) is 2.32. The summed E-state index contributed by atoms with van der Waals surface area (Å²) in [6.45, 7) is 1.35. The number of likely N-dealkylation sites (tertiary alicyclic amines) is 1. The van der Waals surface area contributed by atoms with Crippen LogP contribution < -0.4 is 5.73 Å². The molecule has 0 saturated carbocycles. The first-order chi connectivity index (χ1) is 13.9. The van der Waals surface area contributed by atoms with Crippen molar-refractivity contribution in [2.45, 2.75) is 63.3 Å². The molecule has 29 heavy (non-hydrogen) atoms. The molecule has 3 aliphatic rings. The second kappa shape index (κ2) is 8.62. The first kappa shape index (κ1) is 20.6. The van der Waals surface area contributed by atoms with Crippen molar-refractivity contribution in [2.75, 3.05) is 18.8 Å². The smallest absolute Gasteiger partial charge is 0.410 e. The number of ether oxygens (including phenoxy) is 1. The monoisotopic (exact) mass is 421 g/mol. The average Bonchev–Trinajstić information content (AvgIpc) is 3.00. The average molecular weight is 422 g/mol. The summed E-state index contributed by atoms with van der Waals surface area (Å²) in [5, 5.41) is 0. The van der Waals surface area contributed by atoms with Gasteiger partial charge in [-0.15, -0.1) is 0 Å². The summed E-state index contributed by atoms with van der Waals surface area (Å²) in [7, 11) is -3.28. The summed E-state index contributed by atoms with van der Waals surface area (Å²) in [5.74, 6) is 0.274. The lowest BCUT2D eigenvalue weighted by atomic mass is 9.99. The lowest BCUT2D eigenvalue weighted by Crippen LogP contribution is -2.51. The van der Waals surface area contributed by atoms with Crippen molar-refractivity contribution in [3.63, 3.8) is 0 Å². The highest BCUT2D eigenvalue weighted by molar-refractivity contribution is 7.89. The minimum Gasteiger partial charge on any atom is -0.445 e. The molecule has 1 amide bonds. The van der Waals surface area contributed by atoms with Gasteiger partial charge in [0.05, 0.1) is 5.75 Å². The first-order valence-electron chi connectivity index (χ1n) is 10.6. The van der Waals surface area contributed by atoms with Gasteiger partial charge in [0.2, 0.25) is 10.0 Å². The zero-order valence-electron chi connectivity index (χ0n) is 16.8. The highest BCUT2D eigenvalue weighted by Crippen LogP contribution is 2.38. The second-order valence-corrected chi connectivity index (χ2v) is 10.6. The lowest BCUT2D eigenvalue weighted by Gasteiger charge is -2.38. The molecule has 8 heteroatoms. The summed E-state index contributed by atoms with van der Waals surface area (Å²) in [5.41, 5.74) is 7.04. The quantitative estimate of drug-likeness (QED) is 0.788. The van der Waals surface area contributed by atoms with Crippen molar-refractivity contribution in [1.29, 1.82) is 0 Å². The predicted molar refractivity (Wildman–Crippen MR) is 111 cm³/mol. The Morgan fingerprint density at radius 1 is 1.03 bits per heavy atom. The maximum absolute atomic E-state index is 13.1. The Morgan fingerprint density at radius 2 is 1.66 bits per heavy atom. The fourth-order valence-electron chi connectivity index (χ4n) is 5.11. The summed E-state index contributed by atoms with van der Waals surface area (Å²) in [4.78, 5) is 14.0. The molecule has 2 bridgehead atoms. The van der Waals surface area contributed by atoms with E-state index in [0.29, 0.717) is 25.9 Å². The molecular formula is C21H31N3O4S. The van der Waals surface area contributed by atoms with Crippen LogP contribution in [0.2, 0.25) is 0 Å². The fraction of sp³-hybridized carbons (Fsp3) is 0.667. The van der Waals surface area contributed by atoms with Gasteiger partial charge in [-0.3, -0.25) is 0 Å². The Morgan fingerprint density at radius 3 is 2.28 bits per heavy atom. The van der Waals surface area contributed by atoms with E-state index in [1.54, 1.807) is 9.21 Å². The normalized spacial score (nSPS) is 28.4. The van der Waals surface area contributed by atoms with E-state index in [1.807, 2.05) is 30.3 Å². The minimum atomic E-state index is -3.28. The molecule has 7 nitrogen and oxygen atoms in total. The van der Waals surface area contributed by atoms with E-state index in [1.165, 1.54) is 0 Å². The van der Waals surface area contributed by atoms with Crippen LogP contribution in [-0.4, -0.2) is 60.7 Å². The molecule has 0 radical (unpaired) electrons. The third-order valence-electron chi connectivity index (χ3n) is 6.55. The number of nitrogens with two attached hydrogens (primary N) is 1. The fourth-order valence-corrected chi connectivity index (χ4v) is 7.50. The Labute approximate surface area is 173 Å². The molecule has 0 aliphatic carbocycles. The number of carbonyl (C=O) groups excluding carboxylic acids is 1. The van der Waals surface area contributed by atoms with E-state index in [9.17, 15) is 13.2 Å². The lowest BCUT2D eigenvalue weighted by molar-refractivity contribution is 0.0838. The van der Waals surface area contributed by atoms with Crippen molar-refractivity contribution in [2.24, 2.45) is 11.7 Å². The van der Waals surface area contributed by atoms with Crippen molar-refractivity contribution in [1.82, 2.24) is 9.21 Å². The number of piperidine rings is 2. The van der Waals surface area contributed by atoms with E-state index in [-0.39, 0.29) is 42.5 Å². The van der Waals surface area contributed by atoms with Gasteiger partial charge in [-0.25, -0.2) is 13.2 Å². The third kappa shape index (κ3) is 4.75. The van der Waals surface area contributed by atoms with Gasteiger partial charge in [-0.05, 0) is 50.0 Å². The number of amides is 1. The summed E-state index contributed by atoms with van der Waals surface area (Å²) in [6, 6.07) is 9.89. The van der Waals surface area contributed by atoms with Crippen LogP contribution in [0.3, 0.4) is 0 Å². The van der Waals surface area contributed by atoms with E-state index in [2.05, 4.69) is 0 Å². The number of hydrogen-bond donors (Lipinski definition) is 1. The van der Waals surface area contributed by atoms with Crippen LogP contribution in [0.5, 0.6) is 0 Å². The van der Waals surface area contributed by atoms with Gasteiger partial charge >= 0.3 is 6.09 Å². The van der Waals surface area contributed by atoms with Crippen LogP contribution in [0.25, 0.3) is 0 Å². The van der Waals surface area contributed by atoms with Crippen LogP contribution in [0.1, 0.15) is 44.1 Å². The van der Waals surface area contributed by atoms with E-state index in [0.717, 1.165) is 31.2 Å². The zero-order valence-corrected chi connectivity index (χ0v) is 17.6. The van der Waals surface area contributed by atoms with Gasteiger partial charge in [0.15, 0.2) is 0 Å². The van der Waals surface area contributed by atoms with Crippen LogP contribution in [-0.2, 0) is 21.4 Å². The Bertz CT molecular complexity index is 794. The van der Waals surface area contributed by atoms with Crippen molar-refractivity contribution < 1.29 is 17.9 Å². The van der Waals surface area contributed by atoms with Gasteiger partial charge in [0, 0.05) is 31.2 Å². The molecule has 1 unspecified atom stereocenters. The Balaban J connectivity index is 1.26. The number of nitrogens with zero attached hydrogens (tertiary/aromatic N) is 2. The molecule has 0 spiro atoms. The topological polar surface area (TPSA) is 92.9 Å². The van der Waals surface area contributed by atoms with Crippen molar-refractivity contribution in [3.8, 4) is 0 Å². The van der Waals surface area contributed by atoms with Gasteiger partial charge < -0.3 is 15.4 Å². The second-order valence-electron chi connectivity index (χ2n) is 8.70. The number of carbonyl (C=O) groups is 1. The van der Waals surface area contributed by atoms with Gasteiger partial charge in [0.1, 0.15) is 6.61 Å². The Hall–Kier alpha value is -1.64. The number of fused-ring (bicyclic) bond motifs is 2. The molecule has 1 aromatic carbocycles. The third-order valence-corrected chi connectivity index (χ3v) is 8.68. The summed E-state index contributed by atoms with van der Waals surface area (Å²) >= 11 is 0. The molecule has 3 atom stereocenters. The summed E-state index contributed by atoms with van der Waals surface area (Å²) in [6.07, 6.45) is 4.50. The molecule has 3 heterocycles. The van der Waals surface area contributed by atoms with Crippen molar-refractivity contribution in [3.05, 3.63) is 35.9 Å². The summed E-state index contributed by atoms with van der Waals surface area (Å²) < 4.78 is 33.3. The van der Waals surface area contributed by atoms with Crippen LogP contribution in [0.15, 0.2) is 30.3 Å². The number of rotatable bonds is 5. The largest absolute Gasteiger partial charge is 0.445 e. The maximum atomic E-state index is 13.1. The van der Waals surface area contributed by atoms with Crippen molar-refractivity contribution >= 4 is 16.1 Å². The standard InChI is InChI=1S/C21H31N3O4S/c22-18-12-19-6-7-20(13-18)24(19)29(26,27)15-17-8-10-23(11-9-17)21(25)28-14-16-4-2-1-3-5-16/h1-5,17-20H,6-15,22H2/t18?,19-,20+. The minimum absolute atomic E-state index is 0.0850. The first-order valence-corrected chi connectivity index (χ1v) is 12.3. The highest BCUT2D eigenvalue weighted by atomic mass is 32.2. The van der Waals surface area contributed by atoms with Crippen LogP contribution in [0.4, 0.5) is 4.79 Å².